The van der Waals surface area contributed by atoms with Gasteiger partial charge in [0.05, 0.1) is 11.5 Å². The molecular weight excluding hydrogens is 244 g/mol. The zero-order chi connectivity index (χ0) is 13.9. The summed E-state index contributed by atoms with van der Waals surface area (Å²) in [7, 11) is 0. The normalized spacial score (nSPS) is 17.4. The molecule has 19 heavy (non-hydrogen) atoms. The van der Waals surface area contributed by atoms with Crippen molar-refractivity contribution < 1.29 is 10.0 Å². The van der Waals surface area contributed by atoms with Gasteiger partial charge < -0.3 is 10.4 Å². The van der Waals surface area contributed by atoms with Gasteiger partial charge in [0, 0.05) is 18.0 Å². The molecule has 0 unspecified atom stereocenters. The van der Waals surface area contributed by atoms with E-state index in [1.54, 1.807) is 12.1 Å². The molecule has 5 nitrogen and oxygen atoms in total. The highest BCUT2D eigenvalue weighted by atomic mass is 16.6. The highest BCUT2D eigenvalue weighted by molar-refractivity contribution is 5.62. The first kappa shape index (κ1) is 13.8. The number of aliphatic hydroxyl groups excluding tert-OH is 1. The highest BCUT2D eigenvalue weighted by Crippen LogP contribution is 2.38. The third-order valence-electron chi connectivity index (χ3n) is 4.00. The standard InChI is InChI=1S/C14H20N2O3/c1-11-4-5-13(16(18)19)12(8-11)15-9-14(10-17)6-2-3-7-14/h4-5,8,15,17H,2-3,6-7,9-10H2,1H3. The van der Waals surface area contributed by atoms with E-state index in [9.17, 15) is 15.2 Å². The summed E-state index contributed by atoms with van der Waals surface area (Å²) in [6, 6.07) is 5.05. The number of nitro benzene ring substituents is 1. The van der Waals surface area contributed by atoms with Crippen LogP contribution < -0.4 is 5.32 Å². The van der Waals surface area contributed by atoms with Crippen molar-refractivity contribution in [3.63, 3.8) is 0 Å². The van der Waals surface area contributed by atoms with Gasteiger partial charge in [-0.1, -0.05) is 18.9 Å². The van der Waals surface area contributed by atoms with Crippen LogP contribution in [0.4, 0.5) is 11.4 Å². The lowest BCUT2D eigenvalue weighted by molar-refractivity contribution is -0.384. The summed E-state index contributed by atoms with van der Waals surface area (Å²) in [5, 5.41) is 23.7. The number of nitrogens with zero attached hydrogens (tertiary/aromatic N) is 1. The van der Waals surface area contributed by atoms with E-state index >= 15 is 0 Å². The molecule has 1 aromatic carbocycles. The van der Waals surface area contributed by atoms with Gasteiger partial charge in [-0.05, 0) is 31.4 Å². The Morgan fingerprint density at radius 3 is 2.68 bits per heavy atom. The summed E-state index contributed by atoms with van der Waals surface area (Å²) in [4.78, 5) is 10.6. The van der Waals surface area contributed by atoms with Crippen LogP contribution in [0.1, 0.15) is 31.2 Å². The Labute approximate surface area is 112 Å². The maximum Gasteiger partial charge on any atom is 0.292 e. The first-order valence-electron chi connectivity index (χ1n) is 6.66. The van der Waals surface area contributed by atoms with Crippen molar-refractivity contribution >= 4 is 11.4 Å². The van der Waals surface area contributed by atoms with E-state index in [1.165, 1.54) is 6.07 Å². The first-order chi connectivity index (χ1) is 9.06. The van der Waals surface area contributed by atoms with Gasteiger partial charge in [-0.2, -0.15) is 0 Å². The fourth-order valence-corrected chi connectivity index (χ4v) is 2.75. The Kier molecular flexibility index (Phi) is 4.04. The molecular formula is C14H20N2O3. The van der Waals surface area contributed by atoms with Crippen molar-refractivity contribution in [3.8, 4) is 0 Å². The van der Waals surface area contributed by atoms with Gasteiger partial charge in [-0.3, -0.25) is 10.1 Å². The number of rotatable bonds is 5. The third kappa shape index (κ3) is 3.04. The Balaban J connectivity index is 2.14. The minimum absolute atomic E-state index is 0.0942. The fraction of sp³-hybridized carbons (Fsp3) is 0.571. The number of anilines is 1. The molecule has 0 atom stereocenters. The average Bonchev–Trinajstić information content (AvgIpc) is 2.85. The molecule has 1 saturated carbocycles. The minimum atomic E-state index is -0.373. The number of aliphatic hydroxyl groups is 1. The second kappa shape index (κ2) is 5.57. The SMILES string of the molecule is Cc1ccc([N+](=O)[O-])c(NCC2(CO)CCCC2)c1. The second-order valence-electron chi connectivity index (χ2n) is 5.50. The molecule has 0 aromatic heterocycles. The maximum atomic E-state index is 11.0. The van der Waals surface area contributed by atoms with Gasteiger partial charge in [-0.25, -0.2) is 0 Å². The molecule has 2 rings (SSSR count). The molecule has 0 amide bonds. The van der Waals surface area contributed by atoms with Crippen LogP contribution >= 0.6 is 0 Å². The van der Waals surface area contributed by atoms with Gasteiger partial charge >= 0.3 is 0 Å². The molecule has 0 bridgehead atoms. The molecule has 104 valence electrons. The van der Waals surface area contributed by atoms with Gasteiger partial charge in [-0.15, -0.1) is 0 Å². The molecule has 0 aliphatic heterocycles. The van der Waals surface area contributed by atoms with Crippen molar-refractivity contribution in [2.45, 2.75) is 32.6 Å². The predicted octanol–water partition coefficient (Wildman–Crippen LogP) is 2.87. The molecule has 1 fully saturated rings. The second-order valence-corrected chi connectivity index (χ2v) is 5.50. The van der Waals surface area contributed by atoms with Crippen LogP contribution in [-0.2, 0) is 0 Å². The predicted molar refractivity (Wildman–Crippen MR) is 74.3 cm³/mol. The molecule has 2 N–H and O–H groups in total. The maximum absolute atomic E-state index is 11.0. The van der Waals surface area contributed by atoms with Crippen LogP contribution in [0.2, 0.25) is 0 Å². The molecule has 0 saturated heterocycles. The van der Waals surface area contributed by atoms with Gasteiger partial charge in [0.15, 0.2) is 0 Å². The summed E-state index contributed by atoms with van der Waals surface area (Å²) < 4.78 is 0. The summed E-state index contributed by atoms with van der Waals surface area (Å²) in [5.74, 6) is 0. The van der Waals surface area contributed by atoms with Crippen molar-refractivity contribution in [2.75, 3.05) is 18.5 Å². The van der Waals surface area contributed by atoms with E-state index < -0.39 is 0 Å². The number of aryl methyl sites for hydroxylation is 1. The van der Waals surface area contributed by atoms with E-state index in [4.69, 9.17) is 0 Å². The Hall–Kier alpha value is -1.62. The van der Waals surface area contributed by atoms with E-state index in [0.29, 0.717) is 12.2 Å². The fourth-order valence-electron chi connectivity index (χ4n) is 2.75. The smallest absolute Gasteiger partial charge is 0.292 e. The molecule has 0 radical (unpaired) electrons. The van der Waals surface area contributed by atoms with Gasteiger partial charge in [0.2, 0.25) is 0 Å². The van der Waals surface area contributed by atoms with Crippen molar-refractivity contribution in [1.82, 2.24) is 0 Å². The lowest BCUT2D eigenvalue weighted by Gasteiger charge is -2.27. The van der Waals surface area contributed by atoms with Crippen LogP contribution in [0.3, 0.4) is 0 Å². The molecule has 0 heterocycles. The number of nitro groups is 1. The van der Waals surface area contributed by atoms with Crippen LogP contribution in [0.25, 0.3) is 0 Å². The number of benzene rings is 1. The highest BCUT2D eigenvalue weighted by Gasteiger charge is 2.33. The van der Waals surface area contributed by atoms with Crippen molar-refractivity contribution in [1.29, 1.82) is 0 Å². The summed E-state index contributed by atoms with van der Waals surface area (Å²) >= 11 is 0. The summed E-state index contributed by atoms with van der Waals surface area (Å²) in [6.45, 7) is 2.64. The van der Waals surface area contributed by atoms with Crippen LogP contribution in [0, 0.1) is 22.5 Å². The van der Waals surface area contributed by atoms with Gasteiger partial charge in [0.1, 0.15) is 5.69 Å². The third-order valence-corrected chi connectivity index (χ3v) is 4.00. The largest absolute Gasteiger partial charge is 0.396 e. The lowest BCUT2D eigenvalue weighted by Crippen LogP contribution is -2.30. The van der Waals surface area contributed by atoms with Crippen LogP contribution in [0.15, 0.2) is 18.2 Å². The Morgan fingerprint density at radius 2 is 2.11 bits per heavy atom. The van der Waals surface area contributed by atoms with Gasteiger partial charge in [0.25, 0.3) is 5.69 Å². The monoisotopic (exact) mass is 264 g/mol. The first-order valence-corrected chi connectivity index (χ1v) is 6.66. The zero-order valence-corrected chi connectivity index (χ0v) is 11.2. The number of nitrogens with one attached hydrogen (secondary N) is 1. The Bertz CT molecular complexity index is 468. The van der Waals surface area contributed by atoms with Crippen LogP contribution in [0.5, 0.6) is 0 Å². The minimum Gasteiger partial charge on any atom is -0.396 e. The zero-order valence-electron chi connectivity index (χ0n) is 11.2. The Morgan fingerprint density at radius 1 is 1.42 bits per heavy atom. The number of hydrogen-bond donors (Lipinski definition) is 2. The van der Waals surface area contributed by atoms with E-state index in [0.717, 1.165) is 31.2 Å². The molecule has 5 heteroatoms. The molecule has 1 aliphatic rings. The summed E-state index contributed by atoms with van der Waals surface area (Å²) in [6.07, 6.45) is 4.21. The van der Waals surface area contributed by atoms with Crippen LogP contribution in [-0.4, -0.2) is 23.2 Å². The average molecular weight is 264 g/mol. The molecule has 1 aromatic rings. The molecule has 1 aliphatic carbocycles. The quantitative estimate of drug-likeness (QED) is 0.633. The van der Waals surface area contributed by atoms with E-state index in [2.05, 4.69) is 5.32 Å². The molecule has 0 spiro atoms. The summed E-state index contributed by atoms with van der Waals surface area (Å²) in [5.41, 5.74) is 1.51. The van der Waals surface area contributed by atoms with E-state index in [-0.39, 0.29) is 22.6 Å². The van der Waals surface area contributed by atoms with E-state index in [1.807, 2.05) is 6.92 Å². The van der Waals surface area contributed by atoms with Crippen molar-refractivity contribution in [2.24, 2.45) is 5.41 Å². The lowest BCUT2D eigenvalue weighted by atomic mass is 9.87. The van der Waals surface area contributed by atoms with Crippen molar-refractivity contribution in [3.05, 3.63) is 33.9 Å². The topological polar surface area (TPSA) is 75.4 Å². The number of hydrogen-bond acceptors (Lipinski definition) is 4.